The highest BCUT2D eigenvalue weighted by Gasteiger charge is 2.14. The normalized spacial score (nSPS) is 13.1. The van der Waals surface area contributed by atoms with Gasteiger partial charge >= 0.3 is 6.03 Å². The third kappa shape index (κ3) is 12.0. The van der Waals surface area contributed by atoms with E-state index in [9.17, 15) is 4.79 Å². The van der Waals surface area contributed by atoms with Crippen molar-refractivity contribution in [3.8, 4) is 0 Å². The fourth-order valence-electron chi connectivity index (χ4n) is 2.14. The summed E-state index contributed by atoms with van der Waals surface area (Å²) in [6.45, 7) is 10.4. The third-order valence-electron chi connectivity index (χ3n) is 2.92. The Morgan fingerprint density at radius 2 is 1.74 bits per heavy atom. The Labute approximate surface area is 119 Å². The molecule has 1 unspecified atom stereocenters. The highest BCUT2D eigenvalue weighted by atomic mass is 16.2. The molecule has 0 aromatic rings. The van der Waals surface area contributed by atoms with E-state index in [1.165, 1.54) is 0 Å². The van der Waals surface area contributed by atoms with Crippen molar-refractivity contribution >= 4 is 6.03 Å². The van der Waals surface area contributed by atoms with Crippen LogP contribution in [0.25, 0.3) is 0 Å². The summed E-state index contributed by atoms with van der Waals surface area (Å²) < 4.78 is 0. The van der Waals surface area contributed by atoms with Crippen LogP contribution in [-0.2, 0) is 0 Å². The van der Waals surface area contributed by atoms with Gasteiger partial charge in [-0.15, -0.1) is 0 Å². The summed E-state index contributed by atoms with van der Waals surface area (Å²) in [6, 6.07) is 0.191. The van der Waals surface area contributed by atoms with Gasteiger partial charge in [-0.1, -0.05) is 27.7 Å². The SMILES string of the molecule is CC(C)CCCNC(=O)NC(CC(C)C)CN(C)C. The van der Waals surface area contributed by atoms with Crippen molar-refractivity contribution < 1.29 is 4.79 Å². The second-order valence-electron chi connectivity index (χ2n) is 6.53. The molecule has 2 amide bonds. The Morgan fingerprint density at radius 3 is 2.21 bits per heavy atom. The van der Waals surface area contributed by atoms with Gasteiger partial charge in [0.2, 0.25) is 0 Å². The van der Waals surface area contributed by atoms with Crippen LogP contribution >= 0.6 is 0 Å². The van der Waals surface area contributed by atoms with E-state index in [1.807, 2.05) is 14.1 Å². The number of amides is 2. The summed E-state index contributed by atoms with van der Waals surface area (Å²) in [7, 11) is 4.07. The molecule has 4 heteroatoms. The predicted molar refractivity (Wildman–Crippen MR) is 82.4 cm³/mol. The fraction of sp³-hybridized carbons (Fsp3) is 0.933. The average molecular weight is 271 g/mol. The molecule has 0 rings (SSSR count). The van der Waals surface area contributed by atoms with Gasteiger partial charge in [-0.05, 0) is 45.2 Å². The van der Waals surface area contributed by atoms with E-state index in [1.54, 1.807) is 0 Å². The summed E-state index contributed by atoms with van der Waals surface area (Å²) in [4.78, 5) is 13.9. The largest absolute Gasteiger partial charge is 0.338 e. The van der Waals surface area contributed by atoms with Crippen LogP contribution in [0.1, 0.15) is 47.0 Å². The molecule has 0 spiro atoms. The number of nitrogens with one attached hydrogen (secondary N) is 2. The van der Waals surface area contributed by atoms with Gasteiger partial charge in [-0.2, -0.15) is 0 Å². The fourth-order valence-corrected chi connectivity index (χ4v) is 2.14. The number of carbonyl (C=O) groups excluding carboxylic acids is 1. The molecule has 0 radical (unpaired) electrons. The molecule has 0 heterocycles. The van der Waals surface area contributed by atoms with E-state index in [4.69, 9.17) is 0 Å². The zero-order valence-corrected chi connectivity index (χ0v) is 13.6. The summed E-state index contributed by atoms with van der Waals surface area (Å²) in [6.07, 6.45) is 3.22. The van der Waals surface area contributed by atoms with E-state index < -0.39 is 0 Å². The van der Waals surface area contributed by atoms with E-state index >= 15 is 0 Å². The Bertz CT molecular complexity index is 230. The molecule has 4 nitrogen and oxygen atoms in total. The zero-order valence-electron chi connectivity index (χ0n) is 13.6. The highest BCUT2D eigenvalue weighted by molar-refractivity contribution is 5.74. The average Bonchev–Trinajstić information content (AvgIpc) is 2.22. The predicted octanol–water partition coefficient (Wildman–Crippen LogP) is 2.70. The lowest BCUT2D eigenvalue weighted by Gasteiger charge is -2.24. The van der Waals surface area contributed by atoms with Gasteiger partial charge in [0.25, 0.3) is 0 Å². The molecular formula is C15H33N3O. The van der Waals surface area contributed by atoms with Crippen molar-refractivity contribution in [3.05, 3.63) is 0 Å². The Morgan fingerprint density at radius 1 is 1.11 bits per heavy atom. The van der Waals surface area contributed by atoms with Crippen molar-refractivity contribution in [2.45, 2.75) is 53.0 Å². The van der Waals surface area contributed by atoms with Crippen LogP contribution in [0.15, 0.2) is 0 Å². The second-order valence-corrected chi connectivity index (χ2v) is 6.53. The number of rotatable bonds is 9. The van der Waals surface area contributed by atoms with E-state index in [0.717, 1.165) is 32.4 Å². The van der Waals surface area contributed by atoms with Crippen LogP contribution in [0, 0.1) is 11.8 Å². The number of hydrogen-bond donors (Lipinski definition) is 2. The van der Waals surface area contributed by atoms with Crippen molar-refractivity contribution in [3.63, 3.8) is 0 Å². The Kier molecular flexibility index (Phi) is 9.66. The van der Waals surface area contributed by atoms with E-state index in [-0.39, 0.29) is 12.1 Å². The van der Waals surface area contributed by atoms with Gasteiger partial charge in [0.1, 0.15) is 0 Å². The van der Waals surface area contributed by atoms with E-state index in [0.29, 0.717) is 11.8 Å². The molecule has 0 fully saturated rings. The van der Waals surface area contributed by atoms with Gasteiger partial charge in [0, 0.05) is 19.1 Å². The van der Waals surface area contributed by atoms with Gasteiger partial charge in [-0.25, -0.2) is 4.79 Å². The van der Waals surface area contributed by atoms with Crippen molar-refractivity contribution in [1.29, 1.82) is 0 Å². The lowest BCUT2D eigenvalue weighted by molar-refractivity contribution is 0.228. The molecule has 1 atom stereocenters. The summed E-state index contributed by atoms with van der Waals surface area (Å²) in [5.74, 6) is 1.29. The Hall–Kier alpha value is -0.770. The minimum absolute atomic E-state index is 0.0312. The minimum atomic E-state index is -0.0312. The molecule has 0 aliphatic carbocycles. The number of hydrogen-bond acceptors (Lipinski definition) is 2. The van der Waals surface area contributed by atoms with Crippen LogP contribution in [0.2, 0.25) is 0 Å². The molecule has 2 N–H and O–H groups in total. The third-order valence-corrected chi connectivity index (χ3v) is 2.92. The van der Waals surface area contributed by atoms with Gasteiger partial charge < -0.3 is 15.5 Å². The van der Waals surface area contributed by atoms with Crippen LogP contribution in [0.3, 0.4) is 0 Å². The lowest BCUT2D eigenvalue weighted by Crippen LogP contribution is -2.47. The maximum atomic E-state index is 11.8. The van der Waals surface area contributed by atoms with Crippen LogP contribution in [0.5, 0.6) is 0 Å². The van der Waals surface area contributed by atoms with Crippen molar-refractivity contribution in [2.24, 2.45) is 11.8 Å². The van der Waals surface area contributed by atoms with Gasteiger partial charge in [0.05, 0.1) is 0 Å². The first kappa shape index (κ1) is 18.2. The lowest BCUT2D eigenvalue weighted by atomic mass is 10.0. The monoisotopic (exact) mass is 271 g/mol. The van der Waals surface area contributed by atoms with Crippen LogP contribution in [-0.4, -0.2) is 44.2 Å². The number of likely N-dealkylation sites (N-methyl/N-ethyl adjacent to an activating group) is 1. The van der Waals surface area contributed by atoms with Gasteiger partial charge in [-0.3, -0.25) is 0 Å². The van der Waals surface area contributed by atoms with Crippen LogP contribution in [0.4, 0.5) is 4.79 Å². The highest BCUT2D eigenvalue weighted by Crippen LogP contribution is 2.05. The molecule has 0 aliphatic rings. The molecule has 114 valence electrons. The number of carbonyl (C=O) groups is 1. The maximum Gasteiger partial charge on any atom is 0.315 e. The first-order chi connectivity index (χ1) is 8.81. The summed E-state index contributed by atoms with van der Waals surface area (Å²) in [5.41, 5.74) is 0. The molecule has 0 aliphatic heterocycles. The molecule has 0 saturated heterocycles. The van der Waals surface area contributed by atoms with Crippen LogP contribution < -0.4 is 10.6 Å². The molecule has 0 aromatic heterocycles. The standard InChI is InChI=1S/C15H33N3O/c1-12(2)8-7-9-16-15(19)17-14(10-13(3)4)11-18(5)6/h12-14H,7-11H2,1-6H3,(H2,16,17,19). The first-order valence-corrected chi connectivity index (χ1v) is 7.50. The number of nitrogens with zero attached hydrogens (tertiary/aromatic N) is 1. The maximum absolute atomic E-state index is 11.8. The molecule has 0 saturated carbocycles. The summed E-state index contributed by atoms with van der Waals surface area (Å²) >= 11 is 0. The minimum Gasteiger partial charge on any atom is -0.338 e. The zero-order chi connectivity index (χ0) is 14.8. The molecular weight excluding hydrogens is 238 g/mol. The Balaban J connectivity index is 3.94. The second kappa shape index (κ2) is 10.1. The molecule has 19 heavy (non-hydrogen) atoms. The summed E-state index contributed by atoms with van der Waals surface area (Å²) in [5, 5.41) is 6.02. The van der Waals surface area contributed by atoms with Crippen molar-refractivity contribution in [1.82, 2.24) is 15.5 Å². The molecule has 0 aromatic carbocycles. The smallest absolute Gasteiger partial charge is 0.315 e. The first-order valence-electron chi connectivity index (χ1n) is 7.50. The molecule has 0 bridgehead atoms. The topological polar surface area (TPSA) is 44.4 Å². The van der Waals surface area contributed by atoms with Crippen molar-refractivity contribution in [2.75, 3.05) is 27.2 Å². The number of urea groups is 1. The quantitative estimate of drug-likeness (QED) is 0.633. The van der Waals surface area contributed by atoms with E-state index in [2.05, 4.69) is 43.2 Å². The van der Waals surface area contributed by atoms with Gasteiger partial charge in [0.15, 0.2) is 0 Å².